The van der Waals surface area contributed by atoms with Gasteiger partial charge in [0.1, 0.15) is 0 Å². The van der Waals surface area contributed by atoms with Crippen molar-refractivity contribution < 1.29 is 0 Å². The molecule has 0 aliphatic heterocycles. The van der Waals surface area contributed by atoms with E-state index in [-0.39, 0.29) is 0 Å². The fourth-order valence-corrected chi connectivity index (χ4v) is 2.71. The highest BCUT2D eigenvalue weighted by atomic mass is 15.1. The molecule has 98 valence electrons. The molecule has 1 aliphatic carbocycles. The molecule has 1 N–H and O–H groups in total. The van der Waals surface area contributed by atoms with Crippen molar-refractivity contribution in [2.24, 2.45) is 0 Å². The fourth-order valence-electron chi connectivity index (χ4n) is 2.71. The Balaban J connectivity index is 1.99. The van der Waals surface area contributed by atoms with Crippen LogP contribution < -0.4 is 5.32 Å². The third-order valence-corrected chi connectivity index (χ3v) is 3.52. The van der Waals surface area contributed by atoms with Crippen molar-refractivity contribution in [3.63, 3.8) is 0 Å². The summed E-state index contributed by atoms with van der Waals surface area (Å²) < 4.78 is 0. The number of hydrogen-bond acceptors (Lipinski definition) is 4. The fraction of sp³-hybridized carbons (Fsp3) is 0.400. The first-order valence-electron chi connectivity index (χ1n) is 6.81. The van der Waals surface area contributed by atoms with Gasteiger partial charge in [0.05, 0.1) is 11.4 Å². The normalized spacial score (nSPS) is 17.3. The molecule has 1 unspecified atom stereocenters. The number of fused-ring (bicyclic) bond motifs is 1. The highest BCUT2D eigenvalue weighted by Gasteiger charge is 2.26. The smallest absolute Gasteiger partial charge is 0.223 e. The highest BCUT2D eigenvalue weighted by molar-refractivity contribution is 5.38. The van der Waals surface area contributed by atoms with Crippen LogP contribution in [-0.2, 0) is 6.42 Å². The molecular formula is C15H18N4. The van der Waals surface area contributed by atoms with Gasteiger partial charge in [-0.15, -0.1) is 0 Å². The average molecular weight is 254 g/mol. The quantitative estimate of drug-likeness (QED) is 0.915. The minimum absolute atomic E-state index is 0.315. The molecule has 4 nitrogen and oxygen atoms in total. The van der Waals surface area contributed by atoms with Gasteiger partial charge < -0.3 is 5.32 Å². The molecule has 4 heteroatoms. The zero-order chi connectivity index (χ0) is 13.2. The van der Waals surface area contributed by atoms with Crippen molar-refractivity contribution in [2.75, 3.05) is 11.9 Å². The molecule has 1 atom stereocenters. The SMILES string of the molecule is CCNc1nc(C)cc(C2CCc3cccnc32)n1. The van der Waals surface area contributed by atoms with Crippen LogP contribution in [0, 0.1) is 6.92 Å². The summed E-state index contributed by atoms with van der Waals surface area (Å²) in [5, 5.41) is 3.19. The molecule has 0 bridgehead atoms. The number of anilines is 1. The first kappa shape index (κ1) is 12.1. The maximum absolute atomic E-state index is 4.64. The van der Waals surface area contributed by atoms with E-state index in [1.165, 1.54) is 11.3 Å². The largest absolute Gasteiger partial charge is 0.354 e. The summed E-state index contributed by atoms with van der Waals surface area (Å²) in [6, 6.07) is 6.26. The molecule has 0 saturated heterocycles. The maximum atomic E-state index is 4.64. The number of pyridine rings is 1. The van der Waals surface area contributed by atoms with Crippen LogP contribution in [0.4, 0.5) is 5.95 Å². The van der Waals surface area contributed by atoms with Gasteiger partial charge in [-0.1, -0.05) is 6.07 Å². The second kappa shape index (κ2) is 4.96. The van der Waals surface area contributed by atoms with E-state index in [9.17, 15) is 0 Å². The second-order valence-corrected chi connectivity index (χ2v) is 4.93. The topological polar surface area (TPSA) is 50.7 Å². The molecule has 2 aromatic rings. The van der Waals surface area contributed by atoms with E-state index in [1.807, 2.05) is 19.2 Å². The van der Waals surface area contributed by atoms with Crippen molar-refractivity contribution in [3.8, 4) is 0 Å². The summed E-state index contributed by atoms with van der Waals surface area (Å²) >= 11 is 0. The Labute approximate surface area is 113 Å². The lowest BCUT2D eigenvalue weighted by Crippen LogP contribution is -2.08. The first-order chi connectivity index (χ1) is 9.28. The number of aromatic nitrogens is 3. The van der Waals surface area contributed by atoms with E-state index in [1.54, 1.807) is 0 Å². The van der Waals surface area contributed by atoms with Gasteiger partial charge in [0.2, 0.25) is 5.95 Å². The van der Waals surface area contributed by atoms with Gasteiger partial charge in [-0.25, -0.2) is 9.97 Å². The summed E-state index contributed by atoms with van der Waals surface area (Å²) in [5.41, 5.74) is 4.63. The number of hydrogen-bond donors (Lipinski definition) is 1. The highest BCUT2D eigenvalue weighted by Crippen LogP contribution is 2.35. The lowest BCUT2D eigenvalue weighted by atomic mass is 10.0. The Morgan fingerprint density at radius 3 is 3.11 bits per heavy atom. The van der Waals surface area contributed by atoms with E-state index >= 15 is 0 Å². The molecule has 1 aliphatic rings. The van der Waals surface area contributed by atoms with Gasteiger partial charge in [0, 0.05) is 24.4 Å². The Hall–Kier alpha value is -1.97. The maximum Gasteiger partial charge on any atom is 0.223 e. The predicted molar refractivity (Wildman–Crippen MR) is 75.3 cm³/mol. The zero-order valence-electron chi connectivity index (χ0n) is 11.3. The van der Waals surface area contributed by atoms with Gasteiger partial charge in [-0.05, 0) is 44.4 Å². The Morgan fingerprint density at radius 1 is 1.37 bits per heavy atom. The zero-order valence-corrected chi connectivity index (χ0v) is 11.3. The van der Waals surface area contributed by atoms with Crippen LogP contribution in [0.15, 0.2) is 24.4 Å². The predicted octanol–water partition coefficient (Wildman–Crippen LogP) is 2.69. The first-order valence-corrected chi connectivity index (χ1v) is 6.81. The van der Waals surface area contributed by atoms with E-state index in [4.69, 9.17) is 0 Å². The molecule has 2 aromatic heterocycles. The Bertz CT molecular complexity index is 594. The van der Waals surface area contributed by atoms with E-state index in [2.05, 4.69) is 39.3 Å². The summed E-state index contributed by atoms with van der Waals surface area (Å²) in [4.78, 5) is 13.6. The van der Waals surface area contributed by atoms with Crippen molar-refractivity contribution in [3.05, 3.63) is 47.0 Å². The Kier molecular flexibility index (Phi) is 3.15. The molecule has 0 aromatic carbocycles. The molecule has 0 saturated carbocycles. The van der Waals surface area contributed by atoms with Gasteiger partial charge in [0.15, 0.2) is 0 Å². The van der Waals surface area contributed by atoms with Crippen LogP contribution in [0.25, 0.3) is 0 Å². The van der Waals surface area contributed by atoms with Crippen LogP contribution in [0.5, 0.6) is 0 Å². The summed E-state index contributed by atoms with van der Waals surface area (Å²) in [6.45, 7) is 4.90. The van der Waals surface area contributed by atoms with Crippen molar-refractivity contribution in [2.45, 2.75) is 32.6 Å². The lowest BCUT2D eigenvalue weighted by Gasteiger charge is -2.12. The summed E-state index contributed by atoms with van der Waals surface area (Å²) in [7, 11) is 0. The Morgan fingerprint density at radius 2 is 2.26 bits per heavy atom. The van der Waals surface area contributed by atoms with Crippen molar-refractivity contribution in [1.82, 2.24) is 15.0 Å². The molecule has 2 heterocycles. The molecule has 0 radical (unpaired) electrons. The van der Waals surface area contributed by atoms with Crippen LogP contribution in [-0.4, -0.2) is 21.5 Å². The summed E-state index contributed by atoms with van der Waals surface area (Å²) in [6.07, 6.45) is 4.05. The lowest BCUT2D eigenvalue weighted by molar-refractivity contribution is 0.740. The van der Waals surface area contributed by atoms with E-state index < -0.39 is 0 Å². The number of nitrogens with zero attached hydrogens (tertiary/aromatic N) is 3. The summed E-state index contributed by atoms with van der Waals surface area (Å²) in [5.74, 6) is 1.04. The van der Waals surface area contributed by atoms with Crippen molar-refractivity contribution >= 4 is 5.95 Å². The van der Waals surface area contributed by atoms with Gasteiger partial charge >= 0.3 is 0 Å². The molecule has 0 amide bonds. The van der Waals surface area contributed by atoms with E-state index in [0.29, 0.717) is 5.92 Å². The monoisotopic (exact) mass is 254 g/mol. The molecule has 19 heavy (non-hydrogen) atoms. The number of rotatable bonds is 3. The molecule has 3 rings (SSSR count). The van der Waals surface area contributed by atoms with Gasteiger partial charge in [-0.2, -0.15) is 0 Å². The molecule has 0 spiro atoms. The van der Waals surface area contributed by atoms with Crippen LogP contribution >= 0.6 is 0 Å². The number of nitrogens with one attached hydrogen (secondary N) is 1. The van der Waals surface area contributed by atoms with Gasteiger partial charge in [-0.3, -0.25) is 4.98 Å². The average Bonchev–Trinajstić information content (AvgIpc) is 2.82. The van der Waals surface area contributed by atoms with Crippen LogP contribution in [0.2, 0.25) is 0 Å². The third-order valence-electron chi connectivity index (χ3n) is 3.52. The minimum atomic E-state index is 0.315. The van der Waals surface area contributed by atoms with Crippen LogP contribution in [0.1, 0.15) is 41.9 Å². The molecular weight excluding hydrogens is 236 g/mol. The van der Waals surface area contributed by atoms with E-state index in [0.717, 1.165) is 36.7 Å². The number of aryl methyl sites for hydroxylation is 2. The van der Waals surface area contributed by atoms with Crippen LogP contribution in [0.3, 0.4) is 0 Å². The van der Waals surface area contributed by atoms with Crippen molar-refractivity contribution in [1.29, 1.82) is 0 Å². The second-order valence-electron chi connectivity index (χ2n) is 4.93. The molecule has 0 fully saturated rings. The van der Waals surface area contributed by atoms with Gasteiger partial charge in [0.25, 0.3) is 0 Å². The standard InChI is InChI=1S/C15H18N4/c1-3-16-15-18-10(2)9-13(19-15)12-7-6-11-5-4-8-17-14(11)12/h4-5,8-9,12H,3,6-7H2,1-2H3,(H,16,18,19). The minimum Gasteiger partial charge on any atom is -0.354 e. The third kappa shape index (κ3) is 2.30.